The van der Waals surface area contributed by atoms with Crippen LogP contribution >= 0.6 is 0 Å². The average molecular weight is 251 g/mol. The summed E-state index contributed by atoms with van der Waals surface area (Å²) in [6.07, 6.45) is 1.08. The van der Waals surface area contributed by atoms with Crippen molar-refractivity contribution in [3.05, 3.63) is 0 Å². The minimum atomic E-state index is -3.98. The summed E-state index contributed by atoms with van der Waals surface area (Å²) in [5.74, 6) is 0. The molecule has 1 saturated heterocycles. The van der Waals surface area contributed by atoms with Crippen molar-refractivity contribution >= 4 is 10.3 Å². The van der Waals surface area contributed by atoms with E-state index in [2.05, 4.69) is 9.80 Å². The summed E-state index contributed by atoms with van der Waals surface area (Å²) < 4.78 is 31.7. The molecule has 0 aromatic rings. The largest absolute Gasteiger partial charge is 0.335 e. The lowest BCUT2D eigenvalue weighted by atomic mass is 10.3. The third kappa shape index (κ3) is 4.75. The zero-order valence-electron chi connectivity index (χ0n) is 9.96. The number of rotatable bonds is 5. The van der Waals surface area contributed by atoms with Crippen LogP contribution in [0.1, 0.15) is 6.42 Å². The second-order valence-corrected chi connectivity index (χ2v) is 5.79. The SMILES string of the molecule is CN(C)CCCN1CCN(S(=O)(=O)O)CC1. The van der Waals surface area contributed by atoms with Crippen molar-refractivity contribution in [2.24, 2.45) is 0 Å². The Morgan fingerprint density at radius 3 is 2.19 bits per heavy atom. The smallest absolute Gasteiger partial charge is 0.309 e. The highest BCUT2D eigenvalue weighted by Gasteiger charge is 2.24. The van der Waals surface area contributed by atoms with Crippen LogP contribution in [-0.4, -0.2) is 80.4 Å². The molecule has 1 aliphatic heterocycles. The van der Waals surface area contributed by atoms with Crippen LogP contribution in [0.4, 0.5) is 0 Å². The second-order valence-electron chi connectivity index (χ2n) is 4.38. The molecule has 6 nitrogen and oxygen atoms in total. The van der Waals surface area contributed by atoms with Gasteiger partial charge in [-0.05, 0) is 33.6 Å². The number of hydrogen-bond donors (Lipinski definition) is 1. The first-order valence-electron chi connectivity index (χ1n) is 5.49. The van der Waals surface area contributed by atoms with Gasteiger partial charge in [0.25, 0.3) is 0 Å². The molecule has 0 atom stereocenters. The molecular weight excluding hydrogens is 230 g/mol. The third-order valence-corrected chi connectivity index (χ3v) is 3.75. The maximum atomic E-state index is 10.9. The average Bonchev–Trinajstić information content (AvgIpc) is 2.16. The van der Waals surface area contributed by atoms with Crippen molar-refractivity contribution in [2.75, 3.05) is 53.4 Å². The molecule has 1 heterocycles. The summed E-state index contributed by atoms with van der Waals surface area (Å²) in [5.41, 5.74) is 0. The van der Waals surface area contributed by atoms with Crippen molar-refractivity contribution < 1.29 is 13.0 Å². The highest BCUT2D eigenvalue weighted by atomic mass is 32.2. The molecule has 16 heavy (non-hydrogen) atoms. The highest BCUT2D eigenvalue weighted by Crippen LogP contribution is 2.06. The number of piperazine rings is 1. The first-order valence-corrected chi connectivity index (χ1v) is 6.89. The van der Waals surface area contributed by atoms with E-state index in [0.29, 0.717) is 26.2 Å². The summed E-state index contributed by atoms with van der Waals surface area (Å²) in [6, 6.07) is 0. The van der Waals surface area contributed by atoms with Gasteiger partial charge in [-0.15, -0.1) is 0 Å². The lowest BCUT2D eigenvalue weighted by molar-refractivity contribution is 0.174. The minimum absolute atomic E-state index is 0.390. The van der Waals surface area contributed by atoms with Crippen LogP contribution in [0.3, 0.4) is 0 Å². The Kier molecular flexibility index (Phi) is 5.13. The lowest BCUT2D eigenvalue weighted by Gasteiger charge is -2.32. The van der Waals surface area contributed by atoms with Crippen LogP contribution in [0.5, 0.6) is 0 Å². The molecule has 0 spiro atoms. The molecule has 0 amide bonds. The Bertz CT molecular complexity index is 297. The Morgan fingerprint density at radius 2 is 1.75 bits per heavy atom. The molecular formula is C9H21N3O3S. The molecule has 0 radical (unpaired) electrons. The molecule has 0 bridgehead atoms. The van der Waals surface area contributed by atoms with Crippen molar-refractivity contribution in [3.8, 4) is 0 Å². The molecule has 0 unspecified atom stereocenters. The van der Waals surface area contributed by atoms with Crippen molar-refractivity contribution in [1.82, 2.24) is 14.1 Å². The fourth-order valence-corrected chi connectivity index (χ4v) is 2.42. The van der Waals surface area contributed by atoms with E-state index >= 15 is 0 Å². The second kappa shape index (κ2) is 5.92. The van der Waals surface area contributed by atoms with Gasteiger partial charge in [0.1, 0.15) is 0 Å². The normalized spacial score (nSPS) is 20.5. The molecule has 0 saturated carbocycles. The highest BCUT2D eigenvalue weighted by molar-refractivity contribution is 7.83. The zero-order valence-corrected chi connectivity index (χ0v) is 10.8. The van der Waals surface area contributed by atoms with E-state index in [9.17, 15) is 8.42 Å². The van der Waals surface area contributed by atoms with Crippen molar-refractivity contribution in [3.63, 3.8) is 0 Å². The van der Waals surface area contributed by atoms with E-state index in [1.54, 1.807) is 0 Å². The zero-order chi connectivity index (χ0) is 12.2. The first kappa shape index (κ1) is 13.9. The van der Waals surface area contributed by atoms with Crippen LogP contribution in [0.2, 0.25) is 0 Å². The molecule has 1 fully saturated rings. The van der Waals surface area contributed by atoms with E-state index in [0.717, 1.165) is 23.8 Å². The van der Waals surface area contributed by atoms with Crippen LogP contribution in [0.25, 0.3) is 0 Å². The van der Waals surface area contributed by atoms with Gasteiger partial charge in [-0.3, -0.25) is 4.55 Å². The van der Waals surface area contributed by atoms with Gasteiger partial charge in [-0.1, -0.05) is 0 Å². The predicted molar refractivity (Wildman–Crippen MR) is 62.7 cm³/mol. The Labute approximate surface area is 97.7 Å². The quantitative estimate of drug-likeness (QED) is 0.658. The van der Waals surface area contributed by atoms with E-state index in [1.807, 2.05) is 14.1 Å². The monoisotopic (exact) mass is 251 g/mol. The summed E-state index contributed by atoms with van der Waals surface area (Å²) in [4.78, 5) is 4.36. The molecule has 1 aliphatic rings. The van der Waals surface area contributed by atoms with Crippen LogP contribution in [0, 0.1) is 0 Å². The van der Waals surface area contributed by atoms with Crippen LogP contribution in [-0.2, 0) is 10.3 Å². The Morgan fingerprint density at radius 1 is 1.19 bits per heavy atom. The summed E-state index contributed by atoms with van der Waals surface area (Å²) in [6.45, 7) is 4.21. The Hall–Kier alpha value is -0.210. The van der Waals surface area contributed by atoms with Crippen LogP contribution in [0.15, 0.2) is 0 Å². The Balaban J connectivity index is 2.22. The van der Waals surface area contributed by atoms with Gasteiger partial charge in [-0.2, -0.15) is 12.7 Å². The maximum absolute atomic E-state index is 10.9. The van der Waals surface area contributed by atoms with E-state index in [-0.39, 0.29) is 0 Å². The van der Waals surface area contributed by atoms with E-state index in [1.165, 1.54) is 0 Å². The van der Waals surface area contributed by atoms with Crippen molar-refractivity contribution in [2.45, 2.75) is 6.42 Å². The number of hydrogen-bond acceptors (Lipinski definition) is 4. The first-order chi connectivity index (χ1) is 7.39. The minimum Gasteiger partial charge on any atom is -0.309 e. The van der Waals surface area contributed by atoms with Gasteiger partial charge < -0.3 is 9.80 Å². The molecule has 1 rings (SSSR count). The third-order valence-electron chi connectivity index (χ3n) is 2.74. The van der Waals surface area contributed by atoms with Crippen LogP contribution < -0.4 is 0 Å². The van der Waals surface area contributed by atoms with Crippen molar-refractivity contribution in [1.29, 1.82) is 0 Å². The molecule has 96 valence electrons. The lowest BCUT2D eigenvalue weighted by Crippen LogP contribution is -2.48. The van der Waals surface area contributed by atoms with Gasteiger partial charge in [0, 0.05) is 26.2 Å². The van der Waals surface area contributed by atoms with Gasteiger partial charge in [-0.25, -0.2) is 0 Å². The summed E-state index contributed by atoms with van der Waals surface area (Å²) >= 11 is 0. The molecule has 1 N–H and O–H groups in total. The molecule has 0 aliphatic carbocycles. The summed E-state index contributed by atoms with van der Waals surface area (Å²) in [7, 11) is 0.0911. The van der Waals surface area contributed by atoms with E-state index in [4.69, 9.17) is 4.55 Å². The fraction of sp³-hybridized carbons (Fsp3) is 1.00. The van der Waals surface area contributed by atoms with Gasteiger partial charge in [0.05, 0.1) is 0 Å². The summed E-state index contributed by atoms with van der Waals surface area (Å²) in [5, 5.41) is 0. The molecule has 0 aromatic carbocycles. The molecule has 7 heteroatoms. The topological polar surface area (TPSA) is 64.1 Å². The maximum Gasteiger partial charge on any atom is 0.335 e. The fourth-order valence-electron chi connectivity index (χ4n) is 1.79. The van der Waals surface area contributed by atoms with Gasteiger partial charge >= 0.3 is 10.3 Å². The van der Waals surface area contributed by atoms with Gasteiger partial charge in [0.2, 0.25) is 0 Å². The predicted octanol–water partition coefficient (Wildman–Crippen LogP) is -0.641. The van der Waals surface area contributed by atoms with E-state index < -0.39 is 10.3 Å². The standard InChI is InChI=1S/C9H21N3O3S/c1-10(2)4-3-5-11-6-8-12(9-7-11)16(13,14)15/h3-9H2,1-2H3,(H,13,14,15). The molecule has 0 aromatic heterocycles. The number of nitrogens with zero attached hydrogens (tertiary/aromatic N) is 3. The van der Waals surface area contributed by atoms with Gasteiger partial charge in [0.15, 0.2) is 0 Å².